The number of para-hydroxylation sites is 1. The molecule has 10 nitrogen and oxygen atoms in total. The predicted molar refractivity (Wildman–Crippen MR) is 121 cm³/mol. The van der Waals surface area contributed by atoms with Crippen LogP contribution in [-0.2, 0) is 19.6 Å². The van der Waals surface area contributed by atoms with Gasteiger partial charge < -0.3 is 10.1 Å². The Morgan fingerprint density at radius 1 is 1.06 bits per heavy atom. The number of carbonyl (C=O) groups excluding carboxylic acids is 2. The summed E-state index contributed by atoms with van der Waals surface area (Å²) in [5.74, 6) is -1.34. The fraction of sp³-hybridized carbons (Fsp3) is 0.364. The number of ether oxygens (including phenoxy) is 1. The molecule has 1 atom stereocenters. The molecule has 33 heavy (non-hydrogen) atoms. The highest BCUT2D eigenvalue weighted by molar-refractivity contribution is 7.89. The van der Waals surface area contributed by atoms with Gasteiger partial charge in [0.15, 0.2) is 0 Å². The van der Waals surface area contributed by atoms with E-state index >= 15 is 0 Å². The van der Waals surface area contributed by atoms with Crippen molar-refractivity contribution in [3.63, 3.8) is 0 Å². The molecule has 0 radical (unpaired) electrons. The first-order chi connectivity index (χ1) is 15.4. The molecular weight excluding hydrogens is 450 g/mol. The molecule has 0 aliphatic heterocycles. The number of hydrogen-bond acceptors (Lipinski definition) is 7. The molecule has 2 aromatic rings. The highest BCUT2D eigenvalue weighted by atomic mass is 32.2. The summed E-state index contributed by atoms with van der Waals surface area (Å²) < 4.78 is 32.5. The Morgan fingerprint density at radius 3 is 2.33 bits per heavy atom. The third-order valence-electron chi connectivity index (χ3n) is 4.35. The molecule has 0 heterocycles. The number of nitro groups is 1. The molecular formula is C22H27N3O7S. The van der Waals surface area contributed by atoms with Crippen molar-refractivity contribution >= 4 is 27.6 Å². The van der Waals surface area contributed by atoms with Crippen molar-refractivity contribution in [2.75, 3.05) is 0 Å². The molecule has 0 bridgehead atoms. The standard InChI is InChI=1S/C22H27N3O7S/c1-14(2)24-33(30,31)17-9-7-8-16(12-17)22(27)23-19(13-21(26)32-15(3)4)18-10-5-6-11-20(18)25(28)29/h5-12,14-15,19,24H,13H2,1-4H3,(H,23,27). The van der Waals surface area contributed by atoms with Crippen molar-refractivity contribution in [1.82, 2.24) is 10.0 Å². The van der Waals surface area contributed by atoms with Crippen LogP contribution in [0.25, 0.3) is 0 Å². The third kappa shape index (κ3) is 7.36. The average molecular weight is 478 g/mol. The molecule has 2 rings (SSSR count). The summed E-state index contributed by atoms with van der Waals surface area (Å²) in [7, 11) is -3.84. The second-order valence-corrected chi connectivity index (χ2v) is 9.60. The van der Waals surface area contributed by atoms with Gasteiger partial charge in [0.05, 0.1) is 33.9 Å². The molecule has 0 fully saturated rings. The van der Waals surface area contributed by atoms with Gasteiger partial charge in [0.25, 0.3) is 11.6 Å². The fourth-order valence-corrected chi connectivity index (χ4v) is 4.39. The van der Waals surface area contributed by atoms with E-state index in [2.05, 4.69) is 10.0 Å². The van der Waals surface area contributed by atoms with Crippen LogP contribution < -0.4 is 10.0 Å². The van der Waals surface area contributed by atoms with Crippen molar-refractivity contribution < 1.29 is 27.7 Å². The Balaban J connectivity index is 2.39. The van der Waals surface area contributed by atoms with Gasteiger partial charge >= 0.3 is 5.97 Å². The Labute approximate surface area is 192 Å². The van der Waals surface area contributed by atoms with Gasteiger partial charge in [-0.2, -0.15) is 0 Å². The number of sulfonamides is 1. The van der Waals surface area contributed by atoms with E-state index in [4.69, 9.17) is 4.74 Å². The summed E-state index contributed by atoms with van der Waals surface area (Å²) in [6.45, 7) is 6.66. The summed E-state index contributed by atoms with van der Waals surface area (Å²) in [5, 5.41) is 14.1. The van der Waals surface area contributed by atoms with Gasteiger partial charge in [-0.15, -0.1) is 0 Å². The maximum Gasteiger partial charge on any atom is 0.308 e. The van der Waals surface area contributed by atoms with Gasteiger partial charge in [-0.25, -0.2) is 13.1 Å². The van der Waals surface area contributed by atoms with Crippen LogP contribution in [0.3, 0.4) is 0 Å². The molecule has 11 heteroatoms. The summed E-state index contributed by atoms with van der Waals surface area (Å²) in [6.07, 6.45) is -0.753. The lowest BCUT2D eigenvalue weighted by Gasteiger charge is -2.20. The van der Waals surface area contributed by atoms with Gasteiger partial charge in [0, 0.05) is 17.7 Å². The third-order valence-corrected chi connectivity index (χ3v) is 6.01. The van der Waals surface area contributed by atoms with E-state index in [1.165, 1.54) is 42.5 Å². The highest BCUT2D eigenvalue weighted by Gasteiger charge is 2.27. The van der Waals surface area contributed by atoms with Gasteiger partial charge in [-0.3, -0.25) is 19.7 Å². The van der Waals surface area contributed by atoms with Crippen LogP contribution in [0.1, 0.15) is 56.1 Å². The first kappa shape index (κ1) is 25.9. The highest BCUT2D eigenvalue weighted by Crippen LogP contribution is 2.28. The zero-order valence-electron chi connectivity index (χ0n) is 18.8. The Hall–Kier alpha value is -3.31. The lowest BCUT2D eigenvalue weighted by atomic mass is 10.0. The molecule has 0 aliphatic rings. The van der Waals surface area contributed by atoms with E-state index in [9.17, 15) is 28.1 Å². The van der Waals surface area contributed by atoms with Crippen LogP contribution in [0.2, 0.25) is 0 Å². The second kappa shape index (κ2) is 11.0. The Morgan fingerprint density at radius 2 is 1.73 bits per heavy atom. The van der Waals surface area contributed by atoms with Crippen molar-refractivity contribution in [1.29, 1.82) is 0 Å². The number of amides is 1. The molecule has 0 spiro atoms. The van der Waals surface area contributed by atoms with E-state index in [1.54, 1.807) is 33.8 Å². The van der Waals surface area contributed by atoms with Crippen LogP contribution in [-0.4, -0.2) is 37.4 Å². The normalized spacial score (nSPS) is 12.4. The first-order valence-electron chi connectivity index (χ1n) is 10.3. The number of nitrogens with zero attached hydrogens (tertiary/aromatic N) is 1. The minimum Gasteiger partial charge on any atom is -0.463 e. The lowest BCUT2D eigenvalue weighted by Crippen LogP contribution is -2.32. The van der Waals surface area contributed by atoms with E-state index in [0.29, 0.717) is 0 Å². The monoisotopic (exact) mass is 477 g/mol. The van der Waals surface area contributed by atoms with Crippen LogP contribution in [0, 0.1) is 10.1 Å². The molecule has 0 saturated carbocycles. The minimum atomic E-state index is -3.84. The van der Waals surface area contributed by atoms with E-state index in [0.717, 1.165) is 0 Å². The SMILES string of the molecule is CC(C)NS(=O)(=O)c1cccc(C(=O)NC(CC(=O)OC(C)C)c2ccccc2[N+](=O)[O-])c1. The summed E-state index contributed by atoms with van der Waals surface area (Å²) >= 11 is 0. The number of nitro benzene ring substituents is 1. The van der Waals surface area contributed by atoms with Gasteiger partial charge in [-0.05, 0) is 45.9 Å². The van der Waals surface area contributed by atoms with Crippen molar-refractivity contribution in [2.45, 2.75) is 57.2 Å². The molecule has 2 N–H and O–H groups in total. The average Bonchev–Trinajstić information content (AvgIpc) is 2.71. The summed E-state index contributed by atoms with van der Waals surface area (Å²) in [6, 6.07) is 9.70. The maximum atomic E-state index is 13.0. The second-order valence-electron chi connectivity index (χ2n) is 7.89. The predicted octanol–water partition coefficient (Wildman–Crippen LogP) is 3.09. The zero-order valence-corrected chi connectivity index (χ0v) is 19.6. The molecule has 0 aliphatic carbocycles. The van der Waals surface area contributed by atoms with Crippen LogP contribution in [0.4, 0.5) is 5.69 Å². The van der Waals surface area contributed by atoms with Crippen molar-refractivity contribution in [3.8, 4) is 0 Å². The number of rotatable bonds is 10. The quantitative estimate of drug-likeness (QED) is 0.304. The number of nitrogens with one attached hydrogen (secondary N) is 2. The summed E-state index contributed by atoms with van der Waals surface area (Å²) in [4.78, 5) is 36.0. The van der Waals surface area contributed by atoms with Gasteiger partial charge in [0.2, 0.25) is 10.0 Å². The van der Waals surface area contributed by atoms with Crippen LogP contribution in [0.5, 0.6) is 0 Å². The van der Waals surface area contributed by atoms with E-state index in [-0.39, 0.29) is 34.2 Å². The topological polar surface area (TPSA) is 145 Å². The largest absolute Gasteiger partial charge is 0.463 e. The van der Waals surface area contributed by atoms with E-state index < -0.39 is 39.0 Å². The Bertz CT molecular complexity index is 1130. The summed E-state index contributed by atoms with van der Waals surface area (Å²) in [5.41, 5.74) is -0.123. The zero-order chi connectivity index (χ0) is 24.8. The van der Waals surface area contributed by atoms with Crippen LogP contribution >= 0.6 is 0 Å². The van der Waals surface area contributed by atoms with Gasteiger partial charge in [-0.1, -0.05) is 24.3 Å². The molecule has 1 amide bonds. The van der Waals surface area contributed by atoms with Crippen molar-refractivity contribution in [3.05, 3.63) is 69.8 Å². The molecule has 0 aromatic heterocycles. The number of carbonyl (C=O) groups is 2. The molecule has 178 valence electrons. The van der Waals surface area contributed by atoms with E-state index in [1.807, 2.05) is 0 Å². The lowest BCUT2D eigenvalue weighted by molar-refractivity contribution is -0.385. The van der Waals surface area contributed by atoms with Crippen molar-refractivity contribution in [2.24, 2.45) is 0 Å². The number of esters is 1. The minimum absolute atomic E-state index is 0.0162. The molecule has 0 saturated heterocycles. The smallest absolute Gasteiger partial charge is 0.308 e. The number of benzene rings is 2. The first-order valence-corrected chi connectivity index (χ1v) is 11.7. The maximum absolute atomic E-state index is 13.0. The molecule has 2 aromatic carbocycles. The molecule has 1 unspecified atom stereocenters. The fourth-order valence-electron chi connectivity index (χ4n) is 3.09. The van der Waals surface area contributed by atoms with Crippen LogP contribution in [0.15, 0.2) is 53.4 Å². The Kier molecular flexibility index (Phi) is 8.66. The van der Waals surface area contributed by atoms with Gasteiger partial charge in [0.1, 0.15) is 0 Å². The number of hydrogen-bond donors (Lipinski definition) is 2.